The maximum Gasteiger partial charge on any atom is 0.00103 e. The largest absolute Gasteiger partial charge is 0.315 e. The van der Waals surface area contributed by atoms with E-state index in [9.17, 15) is 0 Å². The second-order valence-electron chi connectivity index (χ2n) is 5.21. The SMILES string of the molecule is CCCN1CCCC(CCNC(C)C)C1. The molecule has 90 valence electrons. The highest BCUT2D eigenvalue weighted by Gasteiger charge is 2.18. The Morgan fingerprint density at radius 2 is 2.20 bits per heavy atom. The van der Waals surface area contributed by atoms with Crippen molar-refractivity contribution in [2.75, 3.05) is 26.2 Å². The van der Waals surface area contributed by atoms with Crippen molar-refractivity contribution in [1.29, 1.82) is 0 Å². The maximum atomic E-state index is 3.52. The Balaban J connectivity index is 2.12. The van der Waals surface area contributed by atoms with Crippen LogP contribution >= 0.6 is 0 Å². The molecular weight excluding hydrogens is 184 g/mol. The van der Waals surface area contributed by atoms with Crippen LogP contribution in [0.5, 0.6) is 0 Å². The van der Waals surface area contributed by atoms with Gasteiger partial charge in [-0.25, -0.2) is 0 Å². The van der Waals surface area contributed by atoms with Crippen LogP contribution in [0.25, 0.3) is 0 Å². The van der Waals surface area contributed by atoms with Gasteiger partial charge in [0.05, 0.1) is 0 Å². The van der Waals surface area contributed by atoms with Crippen molar-refractivity contribution in [3.05, 3.63) is 0 Å². The summed E-state index contributed by atoms with van der Waals surface area (Å²) in [6.07, 6.45) is 5.52. The van der Waals surface area contributed by atoms with Crippen molar-refractivity contribution in [3.8, 4) is 0 Å². The van der Waals surface area contributed by atoms with E-state index in [0.29, 0.717) is 6.04 Å². The van der Waals surface area contributed by atoms with Gasteiger partial charge in [0.15, 0.2) is 0 Å². The summed E-state index contributed by atoms with van der Waals surface area (Å²) in [4.78, 5) is 2.64. The number of rotatable bonds is 6. The minimum absolute atomic E-state index is 0.639. The fourth-order valence-corrected chi connectivity index (χ4v) is 2.48. The summed E-state index contributed by atoms with van der Waals surface area (Å²) < 4.78 is 0. The van der Waals surface area contributed by atoms with E-state index in [1.165, 1.54) is 51.9 Å². The number of likely N-dealkylation sites (tertiary alicyclic amines) is 1. The Morgan fingerprint density at radius 3 is 2.87 bits per heavy atom. The van der Waals surface area contributed by atoms with Gasteiger partial charge in [-0.1, -0.05) is 20.8 Å². The molecule has 2 nitrogen and oxygen atoms in total. The highest BCUT2D eigenvalue weighted by atomic mass is 15.1. The molecule has 0 aliphatic carbocycles. The van der Waals surface area contributed by atoms with E-state index in [1.807, 2.05) is 0 Å². The van der Waals surface area contributed by atoms with E-state index in [1.54, 1.807) is 0 Å². The third kappa shape index (κ3) is 5.53. The molecule has 1 heterocycles. The van der Waals surface area contributed by atoms with Crippen molar-refractivity contribution in [3.63, 3.8) is 0 Å². The van der Waals surface area contributed by atoms with E-state index in [4.69, 9.17) is 0 Å². The van der Waals surface area contributed by atoms with Crippen LogP contribution in [0.4, 0.5) is 0 Å². The minimum atomic E-state index is 0.639. The maximum absolute atomic E-state index is 3.52. The zero-order chi connectivity index (χ0) is 11.1. The van der Waals surface area contributed by atoms with Gasteiger partial charge < -0.3 is 10.2 Å². The second-order valence-corrected chi connectivity index (χ2v) is 5.21. The lowest BCUT2D eigenvalue weighted by atomic mass is 9.94. The van der Waals surface area contributed by atoms with E-state index >= 15 is 0 Å². The van der Waals surface area contributed by atoms with Crippen LogP contribution in [0.3, 0.4) is 0 Å². The average molecular weight is 212 g/mol. The Kier molecular flexibility index (Phi) is 6.26. The standard InChI is InChI=1S/C13H28N2/c1-4-9-15-10-5-6-13(11-15)7-8-14-12(2)3/h12-14H,4-11H2,1-3H3. The lowest BCUT2D eigenvalue weighted by molar-refractivity contribution is 0.168. The number of nitrogens with zero attached hydrogens (tertiary/aromatic N) is 1. The van der Waals surface area contributed by atoms with Gasteiger partial charge in [0.1, 0.15) is 0 Å². The highest BCUT2D eigenvalue weighted by Crippen LogP contribution is 2.19. The number of nitrogens with one attached hydrogen (secondary N) is 1. The van der Waals surface area contributed by atoms with E-state index < -0.39 is 0 Å². The van der Waals surface area contributed by atoms with Crippen molar-refractivity contribution in [2.45, 2.75) is 52.5 Å². The fraction of sp³-hybridized carbons (Fsp3) is 1.00. The van der Waals surface area contributed by atoms with Gasteiger partial charge in [0.2, 0.25) is 0 Å². The zero-order valence-corrected chi connectivity index (χ0v) is 10.8. The molecule has 0 spiro atoms. The summed E-state index contributed by atoms with van der Waals surface area (Å²) in [6, 6.07) is 0.639. The summed E-state index contributed by atoms with van der Waals surface area (Å²) in [5, 5.41) is 3.52. The molecule has 0 aromatic heterocycles. The van der Waals surface area contributed by atoms with Gasteiger partial charge in [-0.2, -0.15) is 0 Å². The summed E-state index contributed by atoms with van der Waals surface area (Å²) in [7, 11) is 0. The Morgan fingerprint density at radius 1 is 1.40 bits per heavy atom. The Bertz CT molecular complexity index is 155. The Hall–Kier alpha value is -0.0800. The molecule has 0 radical (unpaired) electrons. The predicted octanol–water partition coefficient (Wildman–Crippen LogP) is 2.50. The van der Waals surface area contributed by atoms with Crippen LogP contribution in [0, 0.1) is 5.92 Å². The van der Waals surface area contributed by atoms with Crippen LogP contribution in [-0.2, 0) is 0 Å². The topological polar surface area (TPSA) is 15.3 Å². The zero-order valence-electron chi connectivity index (χ0n) is 10.8. The van der Waals surface area contributed by atoms with Crippen molar-refractivity contribution < 1.29 is 0 Å². The van der Waals surface area contributed by atoms with Gasteiger partial charge in [-0.05, 0) is 51.2 Å². The highest BCUT2D eigenvalue weighted by molar-refractivity contribution is 4.73. The van der Waals surface area contributed by atoms with Crippen LogP contribution in [0.15, 0.2) is 0 Å². The summed E-state index contributed by atoms with van der Waals surface area (Å²) >= 11 is 0. The molecule has 0 bridgehead atoms. The number of hydrogen-bond donors (Lipinski definition) is 1. The normalized spacial score (nSPS) is 23.6. The third-order valence-corrected chi connectivity index (χ3v) is 3.25. The molecule has 1 rings (SSSR count). The molecule has 1 fully saturated rings. The van der Waals surface area contributed by atoms with Crippen LogP contribution < -0.4 is 5.32 Å². The minimum Gasteiger partial charge on any atom is -0.315 e. The predicted molar refractivity (Wildman–Crippen MR) is 67.2 cm³/mol. The van der Waals surface area contributed by atoms with Crippen LogP contribution in [0.2, 0.25) is 0 Å². The first kappa shape index (κ1) is 13.0. The molecular formula is C13H28N2. The lowest BCUT2D eigenvalue weighted by Gasteiger charge is -2.32. The van der Waals surface area contributed by atoms with E-state index in [2.05, 4.69) is 31.0 Å². The molecule has 1 atom stereocenters. The van der Waals surface area contributed by atoms with Gasteiger partial charge in [-0.15, -0.1) is 0 Å². The molecule has 1 N–H and O–H groups in total. The van der Waals surface area contributed by atoms with Crippen LogP contribution in [0.1, 0.15) is 46.5 Å². The smallest absolute Gasteiger partial charge is 0.00103 e. The quantitative estimate of drug-likeness (QED) is 0.728. The molecule has 2 heteroatoms. The molecule has 1 unspecified atom stereocenters. The average Bonchev–Trinajstić information content (AvgIpc) is 2.18. The molecule has 1 aliphatic rings. The fourth-order valence-electron chi connectivity index (χ4n) is 2.48. The number of hydrogen-bond acceptors (Lipinski definition) is 2. The number of piperidine rings is 1. The third-order valence-electron chi connectivity index (χ3n) is 3.25. The van der Waals surface area contributed by atoms with Gasteiger partial charge in [0.25, 0.3) is 0 Å². The first-order valence-corrected chi connectivity index (χ1v) is 6.68. The lowest BCUT2D eigenvalue weighted by Crippen LogP contribution is -2.37. The molecule has 0 amide bonds. The van der Waals surface area contributed by atoms with E-state index in [-0.39, 0.29) is 0 Å². The van der Waals surface area contributed by atoms with Gasteiger partial charge in [-0.3, -0.25) is 0 Å². The summed E-state index contributed by atoms with van der Waals surface area (Å²) in [5.41, 5.74) is 0. The summed E-state index contributed by atoms with van der Waals surface area (Å²) in [6.45, 7) is 11.9. The van der Waals surface area contributed by atoms with Gasteiger partial charge in [0, 0.05) is 12.6 Å². The van der Waals surface area contributed by atoms with Crippen LogP contribution in [-0.4, -0.2) is 37.1 Å². The van der Waals surface area contributed by atoms with Crippen molar-refractivity contribution in [2.24, 2.45) is 5.92 Å². The molecule has 0 aromatic carbocycles. The summed E-state index contributed by atoms with van der Waals surface area (Å²) in [5.74, 6) is 0.941. The monoisotopic (exact) mass is 212 g/mol. The molecule has 1 aliphatic heterocycles. The molecule has 0 saturated carbocycles. The molecule has 0 aromatic rings. The Labute approximate surface area is 95.4 Å². The van der Waals surface area contributed by atoms with Gasteiger partial charge >= 0.3 is 0 Å². The second kappa shape index (κ2) is 7.24. The van der Waals surface area contributed by atoms with Crippen molar-refractivity contribution >= 4 is 0 Å². The first-order valence-electron chi connectivity index (χ1n) is 6.68. The molecule has 15 heavy (non-hydrogen) atoms. The molecule has 1 saturated heterocycles. The van der Waals surface area contributed by atoms with E-state index in [0.717, 1.165) is 5.92 Å². The van der Waals surface area contributed by atoms with Crippen molar-refractivity contribution in [1.82, 2.24) is 10.2 Å². The first-order chi connectivity index (χ1) is 7.22.